The molecule has 2 aromatic heterocycles. The second-order valence-electron chi connectivity index (χ2n) is 9.12. The maximum atomic E-state index is 14.9. The number of para-hydroxylation sites is 1. The summed E-state index contributed by atoms with van der Waals surface area (Å²) in [5.74, 6) is -2.42. The molecule has 40 heavy (non-hydrogen) atoms. The predicted octanol–water partition coefficient (Wildman–Crippen LogP) is 2.09. The van der Waals surface area contributed by atoms with Gasteiger partial charge < -0.3 is 26.3 Å². The Balaban J connectivity index is 1.74. The van der Waals surface area contributed by atoms with Crippen LogP contribution in [-0.4, -0.2) is 62.2 Å². The van der Waals surface area contributed by atoms with Crippen molar-refractivity contribution in [3.05, 3.63) is 76.1 Å². The van der Waals surface area contributed by atoms with Crippen molar-refractivity contribution in [3.63, 3.8) is 0 Å². The number of carbonyl (C=O) groups is 1. The van der Waals surface area contributed by atoms with Crippen molar-refractivity contribution in [2.24, 2.45) is 5.10 Å². The van der Waals surface area contributed by atoms with Gasteiger partial charge in [-0.25, -0.2) is 13.8 Å². The fraction of sp³-hybridized carbons (Fsp3) is 0.222. The number of nitrogens with one attached hydrogen (secondary N) is 3. The minimum atomic E-state index is -0.974. The zero-order chi connectivity index (χ0) is 28.4. The summed E-state index contributed by atoms with van der Waals surface area (Å²) in [7, 11) is 0. The number of pyridine rings is 1. The molecular weight excluding hydrogens is 524 g/mol. The molecule has 11 nitrogen and oxygen atoms in total. The Hall–Kier alpha value is -4.75. The van der Waals surface area contributed by atoms with Crippen molar-refractivity contribution in [2.45, 2.75) is 19.4 Å². The minimum absolute atomic E-state index is 0.105. The van der Waals surface area contributed by atoms with Gasteiger partial charge in [0, 0.05) is 35.7 Å². The summed E-state index contributed by atoms with van der Waals surface area (Å²) in [6.45, 7) is 1.45. The van der Waals surface area contributed by atoms with Gasteiger partial charge in [-0.15, -0.1) is 0 Å². The molecule has 4 aromatic rings. The lowest BCUT2D eigenvalue weighted by Crippen LogP contribution is -2.29. The highest BCUT2D eigenvalue weighted by atomic mass is 19.1. The second-order valence-corrected chi connectivity index (χ2v) is 9.12. The van der Waals surface area contributed by atoms with E-state index in [9.17, 15) is 28.6 Å². The average Bonchev–Trinajstić information content (AvgIpc) is 3.49. The highest BCUT2D eigenvalue weighted by Crippen LogP contribution is 2.32. The highest BCUT2D eigenvalue weighted by Gasteiger charge is 2.22. The molecule has 1 aliphatic rings. The number of fused-ring (bicyclic) bond motifs is 1. The fourth-order valence-corrected chi connectivity index (χ4v) is 4.34. The summed E-state index contributed by atoms with van der Waals surface area (Å²) in [5, 5.41) is 29.1. The Kier molecular flexibility index (Phi) is 7.49. The van der Waals surface area contributed by atoms with E-state index in [1.165, 1.54) is 12.1 Å². The number of halogens is 2. The summed E-state index contributed by atoms with van der Waals surface area (Å²) < 4.78 is 30.6. The molecule has 0 spiro atoms. The standard InChI is InChI=1S/C27H25F2N7O4/c1-14-5-6-15(31-26(40)21-9-10-30-35-21)11-18(14)23-17-7-8-22(39)36(24-19(28)3-2-4-20(24)29)25(17)34-27(33-23)32-16(12-37)13-38/h2-8,11,16,30,37-38H,9-10,12-13H2,1H3,(H,31,40)(H,32,33,34). The van der Waals surface area contributed by atoms with Crippen LogP contribution in [0.4, 0.5) is 20.4 Å². The van der Waals surface area contributed by atoms with Crippen LogP contribution < -0.4 is 21.6 Å². The first-order valence-corrected chi connectivity index (χ1v) is 12.4. The summed E-state index contributed by atoms with van der Waals surface area (Å²) in [4.78, 5) is 34.6. The van der Waals surface area contributed by atoms with E-state index in [2.05, 4.69) is 31.1 Å². The third-order valence-electron chi connectivity index (χ3n) is 6.39. The van der Waals surface area contributed by atoms with E-state index >= 15 is 0 Å². The van der Waals surface area contributed by atoms with Crippen LogP contribution in [0, 0.1) is 18.6 Å². The van der Waals surface area contributed by atoms with E-state index in [1.807, 2.05) is 6.92 Å². The minimum Gasteiger partial charge on any atom is -0.394 e. The topological polar surface area (TPSA) is 154 Å². The molecule has 0 unspecified atom stereocenters. The highest BCUT2D eigenvalue weighted by molar-refractivity contribution is 6.43. The van der Waals surface area contributed by atoms with Crippen LogP contribution in [0.25, 0.3) is 28.0 Å². The van der Waals surface area contributed by atoms with Crippen molar-refractivity contribution in [3.8, 4) is 16.9 Å². The van der Waals surface area contributed by atoms with Crippen molar-refractivity contribution in [1.29, 1.82) is 0 Å². The van der Waals surface area contributed by atoms with Crippen LogP contribution in [0.2, 0.25) is 0 Å². The fourth-order valence-electron chi connectivity index (χ4n) is 4.34. The molecule has 0 bridgehead atoms. The van der Waals surface area contributed by atoms with Gasteiger partial charge in [-0.2, -0.15) is 10.1 Å². The van der Waals surface area contributed by atoms with Gasteiger partial charge in [0.15, 0.2) is 5.65 Å². The van der Waals surface area contributed by atoms with Gasteiger partial charge in [0.1, 0.15) is 23.0 Å². The molecule has 13 heteroatoms. The summed E-state index contributed by atoms with van der Waals surface area (Å²) in [6.07, 6.45) is 0.483. The number of hydrazone groups is 1. The first kappa shape index (κ1) is 26.8. The molecule has 0 saturated carbocycles. The first-order valence-electron chi connectivity index (χ1n) is 12.4. The molecule has 206 valence electrons. The van der Waals surface area contributed by atoms with E-state index in [-0.39, 0.29) is 28.6 Å². The van der Waals surface area contributed by atoms with Crippen molar-refractivity contribution in [1.82, 2.24) is 20.0 Å². The Morgan fingerprint density at radius 1 is 1.10 bits per heavy atom. The largest absolute Gasteiger partial charge is 0.394 e. The Bertz CT molecular complexity index is 1680. The number of carbonyl (C=O) groups excluding carboxylic acids is 1. The summed E-state index contributed by atoms with van der Waals surface area (Å²) in [5.41, 5.74) is 3.64. The third-order valence-corrected chi connectivity index (χ3v) is 6.39. The van der Waals surface area contributed by atoms with E-state index in [0.717, 1.165) is 28.3 Å². The van der Waals surface area contributed by atoms with E-state index < -0.39 is 42.1 Å². The summed E-state index contributed by atoms with van der Waals surface area (Å²) in [6, 6.07) is 10.1. The van der Waals surface area contributed by atoms with Gasteiger partial charge in [0.2, 0.25) is 5.95 Å². The molecule has 5 rings (SSSR count). The number of benzene rings is 2. The number of aryl methyl sites for hydroxylation is 1. The molecular formula is C27H25F2N7O4. The molecule has 0 aliphatic carbocycles. The number of aromatic nitrogens is 3. The van der Waals surface area contributed by atoms with E-state index in [0.29, 0.717) is 29.9 Å². The maximum Gasteiger partial charge on any atom is 0.271 e. The van der Waals surface area contributed by atoms with Crippen LogP contribution in [-0.2, 0) is 4.79 Å². The number of aliphatic hydroxyl groups is 2. The number of rotatable bonds is 8. The predicted molar refractivity (Wildman–Crippen MR) is 145 cm³/mol. The first-order chi connectivity index (χ1) is 19.3. The quantitative estimate of drug-likeness (QED) is 0.224. The molecule has 0 fully saturated rings. The number of amides is 1. The van der Waals surface area contributed by atoms with Crippen LogP contribution in [0.5, 0.6) is 0 Å². The van der Waals surface area contributed by atoms with E-state index in [1.54, 1.807) is 18.2 Å². The van der Waals surface area contributed by atoms with Gasteiger partial charge in [0.25, 0.3) is 11.5 Å². The third kappa shape index (κ3) is 5.11. The number of hydrogen-bond donors (Lipinski definition) is 5. The number of nitrogens with zero attached hydrogens (tertiary/aromatic N) is 4. The average molecular weight is 550 g/mol. The SMILES string of the molecule is Cc1ccc(NC(=O)C2=NNCC2)cc1-c1nc(NC(CO)CO)nc2c1ccc(=O)n2-c1c(F)cccc1F. The van der Waals surface area contributed by atoms with Gasteiger partial charge >= 0.3 is 0 Å². The number of aliphatic hydroxyl groups excluding tert-OH is 2. The number of hydrogen-bond acceptors (Lipinski definition) is 9. The van der Waals surface area contributed by atoms with Crippen molar-refractivity contribution >= 4 is 34.3 Å². The lowest BCUT2D eigenvalue weighted by molar-refractivity contribution is -0.110. The summed E-state index contributed by atoms with van der Waals surface area (Å²) >= 11 is 0. The molecule has 5 N–H and O–H groups in total. The van der Waals surface area contributed by atoms with E-state index in [4.69, 9.17) is 0 Å². The molecule has 1 aliphatic heterocycles. The van der Waals surface area contributed by atoms with Gasteiger partial charge in [0.05, 0.1) is 24.9 Å². The zero-order valence-corrected chi connectivity index (χ0v) is 21.3. The van der Waals surface area contributed by atoms with Crippen LogP contribution >= 0.6 is 0 Å². The van der Waals surface area contributed by atoms with Crippen molar-refractivity contribution in [2.75, 3.05) is 30.4 Å². The van der Waals surface area contributed by atoms with Crippen molar-refractivity contribution < 1.29 is 23.8 Å². The van der Waals surface area contributed by atoms with Crippen LogP contribution in [0.1, 0.15) is 12.0 Å². The van der Waals surface area contributed by atoms with Crippen LogP contribution in [0.15, 0.2) is 58.4 Å². The monoisotopic (exact) mass is 549 g/mol. The molecule has 1 amide bonds. The lowest BCUT2D eigenvalue weighted by Gasteiger charge is -2.18. The Morgan fingerprint density at radius 2 is 1.85 bits per heavy atom. The molecule has 0 saturated heterocycles. The van der Waals surface area contributed by atoms with Gasteiger partial charge in [-0.05, 0) is 42.8 Å². The van der Waals surface area contributed by atoms with Gasteiger partial charge in [-0.3, -0.25) is 14.2 Å². The number of anilines is 2. The maximum absolute atomic E-state index is 14.9. The van der Waals surface area contributed by atoms with Gasteiger partial charge in [-0.1, -0.05) is 12.1 Å². The molecule has 0 radical (unpaired) electrons. The Labute approximate surface area is 226 Å². The normalized spacial score (nSPS) is 12.9. The zero-order valence-electron chi connectivity index (χ0n) is 21.3. The molecule has 0 atom stereocenters. The van der Waals surface area contributed by atoms with Crippen LogP contribution in [0.3, 0.4) is 0 Å². The smallest absolute Gasteiger partial charge is 0.271 e. The molecule has 3 heterocycles. The Morgan fingerprint density at radius 3 is 2.52 bits per heavy atom. The second kappa shape index (κ2) is 11.2. The molecule has 2 aromatic carbocycles. The lowest BCUT2D eigenvalue weighted by atomic mass is 10.0.